The Morgan fingerprint density at radius 2 is 1.60 bits per heavy atom. The first kappa shape index (κ1) is 16.9. The van der Waals surface area contributed by atoms with Crippen molar-refractivity contribution in [2.24, 2.45) is 0 Å². The van der Waals surface area contributed by atoms with E-state index in [1.807, 2.05) is 0 Å². The molecule has 0 aliphatic carbocycles. The number of ether oxygens (including phenoxy) is 1. The number of para-hydroxylation sites is 1. The Labute approximate surface area is 115 Å². The Balaban J connectivity index is 2.48. The highest BCUT2D eigenvalue weighted by Crippen LogP contribution is 2.35. The van der Waals surface area contributed by atoms with Gasteiger partial charge in [0.1, 0.15) is 0 Å². The van der Waals surface area contributed by atoms with Gasteiger partial charge in [0, 0.05) is 6.54 Å². The van der Waals surface area contributed by atoms with E-state index in [-0.39, 0.29) is 6.54 Å². The Hall–Kier alpha value is -1.15. The van der Waals surface area contributed by atoms with Crippen LogP contribution in [0.3, 0.4) is 0 Å². The Bertz CT molecular complexity index is 420. The van der Waals surface area contributed by atoms with Crippen molar-refractivity contribution in [3.63, 3.8) is 0 Å². The summed E-state index contributed by atoms with van der Waals surface area (Å²) in [6.45, 7) is -1.01. The van der Waals surface area contributed by atoms with Crippen molar-refractivity contribution >= 4 is 17.3 Å². The molecule has 0 aliphatic heterocycles. The molecule has 0 saturated heterocycles. The van der Waals surface area contributed by atoms with Gasteiger partial charge in [0.2, 0.25) is 6.10 Å². The highest BCUT2D eigenvalue weighted by Gasteiger charge is 2.57. The van der Waals surface area contributed by atoms with Gasteiger partial charge in [-0.05, 0) is 12.1 Å². The van der Waals surface area contributed by atoms with Crippen LogP contribution in [0.25, 0.3) is 0 Å². The van der Waals surface area contributed by atoms with Gasteiger partial charge in [-0.2, -0.15) is 26.3 Å². The number of hydrogen-bond donors (Lipinski definition) is 1. The summed E-state index contributed by atoms with van der Waals surface area (Å²) >= 11 is 5.75. The molecule has 0 bridgehead atoms. The zero-order valence-corrected chi connectivity index (χ0v) is 10.6. The fraction of sp³-hybridized carbons (Fsp3) is 0.455. The molecule has 9 heteroatoms. The molecule has 1 rings (SSSR count). The average Bonchev–Trinajstić information content (AvgIpc) is 2.27. The topological polar surface area (TPSA) is 21.3 Å². The van der Waals surface area contributed by atoms with Crippen molar-refractivity contribution in [1.82, 2.24) is 0 Å². The Morgan fingerprint density at radius 1 is 1.05 bits per heavy atom. The Kier molecular flexibility index (Phi) is 5.52. The van der Waals surface area contributed by atoms with Crippen molar-refractivity contribution in [2.45, 2.75) is 18.5 Å². The van der Waals surface area contributed by atoms with Crippen LogP contribution in [0.1, 0.15) is 0 Å². The van der Waals surface area contributed by atoms with Gasteiger partial charge in [-0.15, -0.1) is 0 Å². The molecule has 0 saturated carbocycles. The summed E-state index contributed by atoms with van der Waals surface area (Å²) in [7, 11) is 0. The van der Waals surface area contributed by atoms with E-state index in [4.69, 9.17) is 11.6 Å². The van der Waals surface area contributed by atoms with Gasteiger partial charge < -0.3 is 10.1 Å². The molecule has 0 heterocycles. The first-order valence-corrected chi connectivity index (χ1v) is 5.73. The van der Waals surface area contributed by atoms with Gasteiger partial charge >= 0.3 is 12.4 Å². The monoisotopic (exact) mass is 321 g/mol. The normalized spacial score (nSPS) is 12.8. The average molecular weight is 322 g/mol. The van der Waals surface area contributed by atoms with E-state index in [1.54, 1.807) is 12.1 Å². The highest BCUT2D eigenvalue weighted by atomic mass is 35.5. The number of alkyl halides is 6. The standard InChI is InChI=1S/C11H10ClF6NO/c12-7-3-1-2-4-8(7)19-5-6-20-9(10(13,14)15)11(16,17)18/h1-4,9,19H,5-6H2. The lowest BCUT2D eigenvalue weighted by Gasteiger charge is -2.23. The lowest BCUT2D eigenvalue weighted by atomic mass is 10.3. The van der Waals surface area contributed by atoms with Gasteiger partial charge in [0.25, 0.3) is 0 Å². The lowest BCUT2D eigenvalue weighted by Crippen LogP contribution is -2.45. The summed E-state index contributed by atoms with van der Waals surface area (Å²) in [5, 5.41) is 2.88. The summed E-state index contributed by atoms with van der Waals surface area (Å²) in [5.41, 5.74) is 0.397. The van der Waals surface area contributed by atoms with Crippen LogP contribution in [-0.2, 0) is 4.74 Å². The molecule has 20 heavy (non-hydrogen) atoms. The summed E-state index contributed by atoms with van der Waals surface area (Å²) in [6, 6.07) is 6.31. The molecule has 114 valence electrons. The minimum Gasteiger partial charge on any atom is -0.382 e. The van der Waals surface area contributed by atoms with Crippen LogP contribution >= 0.6 is 11.6 Å². The number of halogens is 7. The van der Waals surface area contributed by atoms with Crippen LogP contribution in [0.4, 0.5) is 32.0 Å². The fourth-order valence-electron chi connectivity index (χ4n) is 1.34. The Morgan fingerprint density at radius 3 is 2.10 bits per heavy atom. The van der Waals surface area contributed by atoms with Crippen molar-refractivity contribution in [1.29, 1.82) is 0 Å². The second-order valence-electron chi connectivity index (χ2n) is 3.74. The molecular weight excluding hydrogens is 312 g/mol. The van der Waals surface area contributed by atoms with E-state index in [9.17, 15) is 26.3 Å². The number of benzene rings is 1. The predicted octanol–water partition coefficient (Wildman–Crippen LogP) is 4.26. The molecule has 0 spiro atoms. The summed E-state index contributed by atoms with van der Waals surface area (Å²) in [4.78, 5) is 0. The minimum atomic E-state index is -5.50. The molecule has 0 aliphatic rings. The smallest absolute Gasteiger partial charge is 0.382 e. The van der Waals surface area contributed by atoms with Crippen molar-refractivity contribution in [3.8, 4) is 0 Å². The van der Waals surface area contributed by atoms with E-state index >= 15 is 0 Å². The third-order valence-corrected chi connectivity index (χ3v) is 2.50. The summed E-state index contributed by atoms with van der Waals surface area (Å²) < 4.78 is 76.7. The molecule has 0 radical (unpaired) electrons. The van der Waals surface area contributed by atoms with Crippen molar-refractivity contribution in [2.75, 3.05) is 18.5 Å². The predicted molar refractivity (Wildman–Crippen MR) is 61.8 cm³/mol. The lowest BCUT2D eigenvalue weighted by molar-refractivity contribution is -0.321. The molecule has 1 N–H and O–H groups in total. The summed E-state index contributed by atoms with van der Waals surface area (Å²) in [6.07, 6.45) is -14.8. The third kappa shape index (κ3) is 5.09. The van der Waals surface area contributed by atoms with Crippen LogP contribution in [-0.4, -0.2) is 31.6 Å². The molecule has 1 aromatic rings. The fourth-order valence-corrected chi connectivity index (χ4v) is 1.54. The van der Waals surface area contributed by atoms with Gasteiger partial charge in [-0.25, -0.2) is 0 Å². The zero-order chi connectivity index (χ0) is 15.4. The number of nitrogens with one attached hydrogen (secondary N) is 1. The number of hydrogen-bond acceptors (Lipinski definition) is 2. The van der Waals surface area contributed by atoms with E-state index in [1.165, 1.54) is 12.1 Å². The van der Waals surface area contributed by atoms with E-state index in [0.717, 1.165) is 0 Å². The number of anilines is 1. The van der Waals surface area contributed by atoms with Crippen LogP contribution < -0.4 is 5.32 Å². The van der Waals surface area contributed by atoms with E-state index in [2.05, 4.69) is 10.1 Å². The zero-order valence-electron chi connectivity index (χ0n) is 9.85. The molecule has 0 atom stereocenters. The van der Waals surface area contributed by atoms with Crippen molar-refractivity contribution < 1.29 is 31.1 Å². The van der Waals surface area contributed by atoms with Gasteiger partial charge in [0.05, 0.1) is 17.3 Å². The van der Waals surface area contributed by atoms with Gasteiger partial charge in [-0.1, -0.05) is 23.7 Å². The maximum atomic E-state index is 12.1. The van der Waals surface area contributed by atoms with Gasteiger partial charge in [0.15, 0.2) is 0 Å². The van der Waals surface area contributed by atoms with Crippen LogP contribution in [0, 0.1) is 0 Å². The van der Waals surface area contributed by atoms with Crippen molar-refractivity contribution in [3.05, 3.63) is 29.3 Å². The molecule has 0 aromatic heterocycles. The molecule has 0 amide bonds. The van der Waals surface area contributed by atoms with E-state index < -0.39 is 25.1 Å². The van der Waals surface area contributed by atoms with Crippen LogP contribution in [0.5, 0.6) is 0 Å². The maximum absolute atomic E-state index is 12.1. The van der Waals surface area contributed by atoms with Crippen LogP contribution in [0.2, 0.25) is 5.02 Å². The molecule has 1 aromatic carbocycles. The first-order valence-electron chi connectivity index (χ1n) is 5.36. The highest BCUT2D eigenvalue weighted by molar-refractivity contribution is 6.33. The molecule has 0 unspecified atom stereocenters. The largest absolute Gasteiger partial charge is 0.423 e. The maximum Gasteiger partial charge on any atom is 0.423 e. The quantitative estimate of drug-likeness (QED) is 0.646. The van der Waals surface area contributed by atoms with E-state index in [0.29, 0.717) is 10.7 Å². The number of rotatable bonds is 5. The van der Waals surface area contributed by atoms with Gasteiger partial charge in [-0.3, -0.25) is 0 Å². The first-order chi connectivity index (χ1) is 9.12. The second kappa shape index (κ2) is 6.53. The molecule has 2 nitrogen and oxygen atoms in total. The summed E-state index contributed by atoms with van der Waals surface area (Å²) in [5.74, 6) is 0. The minimum absolute atomic E-state index is 0.244. The second-order valence-corrected chi connectivity index (χ2v) is 4.15. The van der Waals surface area contributed by atoms with Crippen LogP contribution in [0.15, 0.2) is 24.3 Å². The SMILES string of the molecule is FC(F)(F)C(OCCNc1ccccc1Cl)C(F)(F)F. The third-order valence-electron chi connectivity index (χ3n) is 2.17. The molecule has 0 fully saturated rings. The molecular formula is C11H10ClF6NO.